The molecule has 0 N–H and O–H groups in total. The van der Waals surface area contributed by atoms with Gasteiger partial charge < -0.3 is 9.47 Å². The van der Waals surface area contributed by atoms with Gasteiger partial charge in [0.1, 0.15) is 12.7 Å². The van der Waals surface area contributed by atoms with Crippen LogP contribution in [0.3, 0.4) is 0 Å². The third-order valence-electron chi connectivity index (χ3n) is 3.25. The lowest BCUT2D eigenvalue weighted by atomic mass is 9.96. The topological polar surface area (TPSA) is 35.5 Å². The maximum absolute atomic E-state index is 13.2. The summed E-state index contributed by atoms with van der Waals surface area (Å²) < 4.78 is 49.6. The van der Waals surface area contributed by atoms with Crippen LogP contribution >= 0.6 is 0 Å². The zero-order valence-corrected chi connectivity index (χ0v) is 12.3. The average molecular weight is 324 g/mol. The summed E-state index contributed by atoms with van der Waals surface area (Å²) in [6, 6.07) is 13.6. The predicted molar refractivity (Wildman–Crippen MR) is 77.7 cm³/mol. The molecule has 0 spiro atoms. The van der Waals surface area contributed by atoms with Crippen LogP contribution in [0.2, 0.25) is 0 Å². The molecule has 0 bridgehead atoms. The zero-order valence-electron chi connectivity index (χ0n) is 12.3. The normalized spacial score (nSPS) is 12.7. The Morgan fingerprint density at radius 3 is 2.26 bits per heavy atom. The number of ether oxygens (including phenoxy) is 2. The molecule has 0 radical (unpaired) electrons. The minimum Gasteiger partial charge on any atom is -0.467 e. The van der Waals surface area contributed by atoms with Crippen LogP contribution in [-0.2, 0) is 20.4 Å². The van der Waals surface area contributed by atoms with Gasteiger partial charge in [0, 0.05) is 0 Å². The van der Waals surface area contributed by atoms with Crippen LogP contribution in [0.25, 0.3) is 0 Å². The number of hydrogen-bond acceptors (Lipinski definition) is 3. The molecule has 0 aliphatic carbocycles. The Morgan fingerprint density at radius 1 is 1.04 bits per heavy atom. The van der Waals surface area contributed by atoms with Crippen LogP contribution < -0.4 is 0 Å². The Hall–Kier alpha value is -2.34. The number of methoxy groups -OCH3 is 1. The average Bonchev–Trinajstić information content (AvgIpc) is 2.55. The van der Waals surface area contributed by atoms with Gasteiger partial charge in [0.15, 0.2) is 0 Å². The fourth-order valence-corrected chi connectivity index (χ4v) is 2.19. The summed E-state index contributed by atoms with van der Waals surface area (Å²) in [4.78, 5) is 11.3. The molecule has 3 nitrogen and oxygen atoms in total. The van der Waals surface area contributed by atoms with Crippen LogP contribution in [0.15, 0.2) is 54.6 Å². The number of esters is 1. The number of rotatable bonds is 5. The summed E-state index contributed by atoms with van der Waals surface area (Å²) in [7, 11) is 1.19. The van der Waals surface area contributed by atoms with E-state index in [0.29, 0.717) is 5.56 Å². The highest BCUT2D eigenvalue weighted by atomic mass is 19.4. The van der Waals surface area contributed by atoms with Crippen LogP contribution in [0.5, 0.6) is 0 Å². The van der Waals surface area contributed by atoms with Gasteiger partial charge in [-0.1, -0.05) is 48.5 Å². The highest BCUT2D eigenvalue weighted by Gasteiger charge is 2.35. The lowest BCUT2D eigenvalue weighted by molar-refractivity contribution is -0.147. The first-order valence-electron chi connectivity index (χ1n) is 6.83. The van der Waals surface area contributed by atoms with Gasteiger partial charge in [0.2, 0.25) is 0 Å². The molecule has 0 heterocycles. The molecule has 2 rings (SSSR count). The molecule has 0 fully saturated rings. The van der Waals surface area contributed by atoms with Gasteiger partial charge in [-0.3, -0.25) is 0 Å². The smallest absolute Gasteiger partial charge is 0.416 e. The van der Waals surface area contributed by atoms with E-state index in [4.69, 9.17) is 4.74 Å². The minimum atomic E-state index is -4.52. The van der Waals surface area contributed by atoms with Crippen molar-refractivity contribution in [3.8, 4) is 0 Å². The lowest BCUT2D eigenvalue weighted by Gasteiger charge is -2.22. The van der Waals surface area contributed by atoms with E-state index in [-0.39, 0.29) is 5.56 Å². The maximum Gasteiger partial charge on any atom is 0.416 e. The van der Waals surface area contributed by atoms with Gasteiger partial charge in [-0.05, 0) is 17.2 Å². The third kappa shape index (κ3) is 4.32. The summed E-state index contributed by atoms with van der Waals surface area (Å²) in [6.45, 7) is -0.442. The molecule has 2 aromatic carbocycles. The number of alkyl halides is 3. The maximum atomic E-state index is 13.2. The predicted octanol–water partition coefficient (Wildman–Crippen LogP) is 3.98. The Bertz CT molecular complexity index is 654. The Morgan fingerprint density at radius 2 is 1.65 bits per heavy atom. The summed E-state index contributed by atoms with van der Waals surface area (Å²) in [5.41, 5.74) is -0.318. The molecule has 122 valence electrons. The van der Waals surface area contributed by atoms with E-state index in [2.05, 4.69) is 4.74 Å². The number of benzene rings is 2. The molecule has 0 aromatic heterocycles. The molecule has 23 heavy (non-hydrogen) atoms. The molecular weight excluding hydrogens is 309 g/mol. The van der Waals surface area contributed by atoms with Gasteiger partial charge in [0.05, 0.1) is 12.7 Å². The number of hydrogen-bond donors (Lipinski definition) is 0. The van der Waals surface area contributed by atoms with E-state index in [1.807, 2.05) is 0 Å². The van der Waals surface area contributed by atoms with Gasteiger partial charge >= 0.3 is 12.1 Å². The van der Waals surface area contributed by atoms with E-state index < -0.39 is 30.4 Å². The van der Waals surface area contributed by atoms with Gasteiger partial charge in [-0.15, -0.1) is 0 Å². The number of carbonyl (C=O) groups is 1. The summed E-state index contributed by atoms with van der Waals surface area (Å²) in [6.07, 6.45) is -5.54. The number of carbonyl (C=O) groups excluding carboxylic acids is 1. The fourth-order valence-electron chi connectivity index (χ4n) is 2.19. The zero-order chi connectivity index (χ0) is 16.9. The second-order valence-corrected chi connectivity index (χ2v) is 4.76. The Kier molecular flexibility index (Phi) is 5.39. The van der Waals surface area contributed by atoms with E-state index in [0.717, 1.165) is 6.07 Å². The molecule has 0 amide bonds. The van der Waals surface area contributed by atoms with Crippen molar-refractivity contribution in [3.05, 3.63) is 71.3 Å². The molecule has 0 saturated carbocycles. The summed E-state index contributed by atoms with van der Waals surface area (Å²) >= 11 is 0. The molecule has 0 saturated heterocycles. The first-order chi connectivity index (χ1) is 10.9. The summed E-state index contributed by atoms with van der Waals surface area (Å²) in [5.74, 6) is -0.657. The molecule has 0 aliphatic heterocycles. The standard InChI is InChI=1S/C17H15F3O3/c1-22-15(21)11-23-16(12-7-3-2-4-8-12)13-9-5-6-10-14(13)17(18,19)20/h2-10,16H,11H2,1H3. The van der Waals surface area contributed by atoms with E-state index >= 15 is 0 Å². The monoisotopic (exact) mass is 324 g/mol. The van der Waals surface area contributed by atoms with Crippen LogP contribution in [-0.4, -0.2) is 19.7 Å². The van der Waals surface area contributed by atoms with Crippen molar-refractivity contribution in [2.45, 2.75) is 12.3 Å². The minimum absolute atomic E-state index is 0.0462. The second kappa shape index (κ2) is 7.28. The SMILES string of the molecule is COC(=O)COC(c1ccccc1)c1ccccc1C(F)(F)F. The van der Waals surface area contributed by atoms with E-state index in [1.54, 1.807) is 30.3 Å². The van der Waals surface area contributed by atoms with Crippen molar-refractivity contribution in [1.82, 2.24) is 0 Å². The molecule has 1 atom stereocenters. The second-order valence-electron chi connectivity index (χ2n) is 4.76. The highest BCUT2D eigenvalue weighted by Crippen LogP contribution is 2.37. The first-order valence-corrected chi connectivity index (χ1v) is 6.83. The third-order valence-corrected chi connectivity index (χ3v) is 3.25. The van der Waals surface area contributed by atoms with Crippen LogP contribution in [0, 0.1) is 0 Å². The van der Waals surface area contributed by atoms with E-state index in [9.17, 15) is 18.0 Å². The van der Waals surface area contributed by atoms with Gasteiger partial charge in [-0.2, -0.15) is 13.2 Å². The molecule has 2 aromatic rings. The van der Waals surface area contributed by atoms with Crippen molar-refractivity contribution in [2.75, 3.05) is 13.7 Å². The first kappa shape index (κ1) is 17.0. The Labute approximate surface area is 131 Å². The molecule has 6 heteroatoms. The molecule has 1 unspecified atom stereocenters. The summed E-state index contributed by atoms with van der Waals surface area (Å²) in [5, 5.41) is 0. The quantitative estimate of drug-likeness (QED) is 0.780. The van der Waals surface area contributed by atoms with Crippen molar-refractivity contribution in [1.29, 1.82) is 0 Å². The van der Waals surface area contributed by atoms with Crippen LogP contribution in [0.4, 0.5) is 13.2 Å². The largest absolute Gasteiger partial charge is 0.467 e. The van der Waals surface area contributed by atoms with Crippen molar-refractivity contribution < 1.29 is 27.4 Å². The molecular formula is C17H15F3O3. The lowest BCUT2D eigenvalue weighted by Crippen LogP contribution is -2.18. The Balaban J connectivity index is 2.44. The number of halogens is 3. The van der Waals surface area contributed by atoms with E-state index in [1.165, 1.54) is 25.3 Å². The van der Waals surface area contributed by atoms with Crippen LogP contribution in [0.1, 0.15) is 22.8 Å². The van der Waals surface area contributed by atoms with Crippen molar-refractivity contribution in [3.63, 3.8) is 0 Å². The van der Waals surface area contributed by atoms with Crippen molar-refractivity contribution >= 4 is 5.97 Å². The van der Waals surface area contributed by atoms with Gasteiger partial charge in [0.25, 0.3) is 0 Å². The molecule has 0 aliphatic rings. The fraction of sp³-hybridized carbons (Fsp3) is 0.235. The highest BCUT2D eigenvalue weighted by molar-refractivity contribution is 5.70. The van der Waals surface area contributed by atoms with Crippen molar-refractivity contribution in [2.24, 2.45) is 0 Å². The van der Waals surface area contributed by atoms with Gasteiger partial charge in [-0.25, -0.2) is 4.79 Å².